The van der Waals surface area contributed by atoms with Gasteiger partial charge in [0.1, 0.15) is 6.33 Å². The highest BCUT2D eigenvalue weighted by molar-refractivity contribution is 4.83. The molecule has 1 N–H and O–H groups in total. The van der Waals surface area contributed by atoms with Crippen LogP contribution in [0.5, 0.6) is 0 Å². The van der Waals surface area contributed by atoms with E-state index in [-0.39, 0.29) is 0 Å². The number of nitrogens with one attached hydrogen (secondary N) is 1. The van der Waals surface area contributed by atoms with Crippen LogP contribution in [0.4, 0.5) is 0 Å². The number of hydrogen-bond acceptors (Lipinski definition) is 6. The van der Waals surface area contributed by atoms with E-state index in [1.54, 1.807) is 17.9 Å². The van der Waals surface area contributed by atoms with Gasteiger partial charge < -0.3 is 9.73 Å². The fourth-order valence-corrected chi connectivity index (χ4v) is 1.30. The van der Waals surface area contributed by atoms with Gasteiger partial charge in [-0.25, -0.2) is 4.98 Å². The van der Waals surface area contributed by atoms with Crippen LogP contribution >= 0.6 is 0 Å². The van der Waals surface area contributed by atoms with Crippen LogP contribution in [0.3, 0.4) is 0 Å². The van der Waals surface area contributed by atoms with Crippen LogP contribution in [0.25, 0.3) is 0 Å². The topological polar surface area (TPSA) is 81.7 Å². The van der Waals surface area contributed by atoms with Crippen LogP contribution in [-0.4, -0.2) is 31.5 Å². The minimum absolute atomic E-state index is 0.577. The van der Waals surface area contributed by atoms with Gasteiger partial charge in [-0.1, -0.05) is 0 Å². The summed E-state index contributed by atoms with van der Waals surface area (Å²) in [7, 11) is 1.85. The van der Waals surface area contributed by atoms with Crippen molar-refractivity contribution >= 4 is 0 Å². The molecule has 2 aromatic heterocycles. The number of aromatic nitrogens is 5. The Bertz CT molecular complexity index is 406. The lowest BCUT2D eigenvalue weighted by atomic mass is 10.4. The molecule has 0 spiro atoms. The Hall–Kier alpha value is -1.76. The van der Waals surface area contributed by atoms with Gasteiger partial charge in [0.15, 0.2) is 5.82 Å². The largest absolute Gasteiger partial charge is 0.424 e. The predicted molar refractivity (Wildman–Crippen MR) is 55.4 cm³/mol. The van der Waals surface area contributed by atoms with Crippen LogP contribution in [-0.2, 0) is 20.0 Å². The van der Waals surface area contributed by atoms with E-state index < -0.39 is 0 Å². The molecule has 0 aliphatic carbocycles. The van der Waals surface area contributed by atoms with E-state index in [1.807, 2.05) is 7.05 Å². The number of hydrogen-bond donors (Lipinski definition) is 1. The van der Waals surface area contributed by atoms with Crippen LogP contribution < -0.4 is 5.32 Å². The molecule has 0 unspecified atom stereocenters. The summed E-state index contributed by atoms with van der Waals surface area (Å²) < 4.78 is 6.91. The average molecular weight is 222 g/mol. The second kappa shape index (κ2) is 4.84. The summed E-state index contributed by atoms with van der Waals surface area (Å²) in [5.74, 6) is 2.02. The Morgan fingerprint density at radius 3 is 2.94 bits per heavy atom. The fourth-order valence-electron chi connectivity index (χ4n) is 1.30. The van der Waals surface area contributed by atoms with E-state index in [2.05, 4.69) is 25.6 Å². The first-order valence-corrected chi connectivity index (χ1v) is 5.08. The van der Waals surface area contributed by atoms with Crippen molar-refractivity contribution in [1.29, 1.82) is 0 Å². The van der Waals surface area contributed by atoms with Crippen molar-refractivity contribution < 1.29 is 4.42 Å². The second-order valence-corrected chi connectivity index (χ2v) is 3.48. The molecule has 86 valence electrons. The summed E-state index contributed by atoms with van der Waals surface area (Å²) >= 11 is 0. The molecule has 0 fully saturated rings. The smallest absolute Gasteiger partial charge is 0.230 e. The summed E-state index contributed by atoms with van der Waals surface area (Å²) in [6.07, 6.45) is 2.48. The molecule has 0 aromatic carbocycles. The highest BCUT2D eigenvalue weighted by atomic mass is 16.4. The van der Waals surface area contributed by atoms with Crippen molar-refractivity contribution in [3.8, 4) is 0 Å². The van der Waals surface area contributed by atoms with E-state index in [0.29, 0.717) is 18.3 Å². The maximum absolute atomic E-state index is 5.22. The minimum atomic E-state index is 0.577. The number of nitrogens with zero attached hydrogens (tertiary/aromatic N) is 5. The van der Waals surface area contributed by atoms with Crippen LogP contribution in [0.15, 0.2) is 10.7 Å². The Morgan fingerprint density at radius 1 is 1.44 bits per heavy atom. The van der Waals surface area contributed by atoms with E-state index in [0.717, 1.165) is 18.8 Å². The molecule has 2 heterocycles. The first-order valence-electron chi connectivity index (χ1n) is 5.08. The van der Waals surface area contributed by atoms with Gasteiger partial charge in [-0.2, -0.15) is 5.10 Å². The zero-order valence-electron chi connectivity index (χ0n) is 9.34. The van der Waals surface area contributed by atoms with Crippen molar-refractivity contribution in [2.24, 2.45) is 7.05 Å². The quantitative estimate of drug-likeness (QED) is 0.708. The first-order chi connectivity index (χ1) is 7.74. The van der Waals surface area contributed by atoms with Gasteiger partial charge in [-0.3, -0.25) is 4.68 Å². The maximum atomic E-state index is 5.22. The zero-order valence-corrected chi connectivity index (χ0v) is 9.34. The van der Waals surface area contributed by atoms with E-state index >= 15 is 0 Å². The molecular weight excluding hydrogens is 208 g/mol. The Labute approximate surface area is 92.9 Å². The molecule has 0 bridgehead atoms. The molecule has 2 aromatic rings. The third kappa shape index (κ3) is 2.86. The standard InChI is InChI=1S/C9H14N6O/c1-7-12-13-9(16-7)5-10-4-3-8-11-6-15(2)14-8/h6,10H,3-5H2,1-2H3. The second-order valence-electron chi connectivity index (χ2n) is 3.48. The van der Waals surface area contributed by atoms with Crippen molar-refractivity contribution in [3.05, 3.63) is 23.9 Å². The van der Waals surface area contributed by atoms with Crippen molar-refractivity contribution in [3.63, 3.8) is 0 Å². The van der Waals surface area contributed by atoms with Gasteiger partial charge >= 0.3 is 0 Å². The lowest BCUT2D eigenvalue weighted by Crippen LogP contribution is -2.17. The molecule has 0 atom stereocenters. The SMILES string of the molecule is Cc1nnc(CNCCc2ncn(C)n2)o1. The summed E-state index contributed by atoms with van der Waals surface area (Å²) in [6, 6.07) is 0. The molecule has 2 rings (SSSR count). The van der Waals surface area contributed by atoms with Gasteiger partial charge in [-0.15, -0.1) is 10.2 Å². The maximum Gasteiger partial charge on any atom is 0.230 e. The Balaban J connectivity index is 1.69. The van der Waals surface area contributed by atoms with E-state index in [9.17, 15) is 0 Å². The van der Waals surface area contributed by atoms with E-state index in [4.69, 9.17) is 4.42 Å². The van der Waals surface area contributed by atoms with Crippen LogP contribution in [0, 0.1) is 6.92 Å². The molecular formula is C9H14N6O. The summed E-state index contributed by atoms with van der Waals surface area (Å²) in [5, 5.41) is 15.0. The summed E-state index contributed by atoms with van der Waals surface area (Å²) in [6.45, 7) is 3.13. The highest BCUT2D eigenvalue weighted by Crippen LogP contribution is 1.96. The van der Waals surface area contributed by atoms with Crippen molar-refractivity contribution in [1.82, 2.24) is 30.3 Å². The van der Waals surface area contributed by atoms with Gasteiger partial charge in [0, 0.05) is 26.9 Å². The summed E-state index contributed by atoms with van der Waals surface area (Å²) in [4.78, 5) is 4.12. The van der Waals surface area contributed by atoms with E-state index in [1.165, 1.54) is 0 Å². The fraction of sp³-hybridized carbons (Fsp3) is 0.556. The number of rotatable bonds is 5. The Morgan fingerprint density at radius 2 is 2.31 bits per heavy atom. The average Bonchev–Trinajstić information content (AvgIpc) is 2.83. The van der Waals surface area contributed by atoms with Gasteiger partial charge in [-0.05, 0) is 0 Å². The molecule has 0 aliphatic rings. The lowest BCUT2D eigenvalue weighted by Gasteiger charge is -1.98. The van der Waals surface area contributed by atoms with Crippen LogP contribution in [0.2, 0.25) is 0 Å². The zero-order chi connectivity index (χ0) is 11.4. The molecule has 0 saturated carbocycles. The van der Waals surface area contributed by atoms with Crippen molar-refractivity contribution in [2.45, 2.75) is 19.9 Å². The molecule has 0 saturated heterocycles. The number of aryl methyl sites for hydroxylation is 2. The summed E-state index contributed by atoms with van der Waals surface area (Å²) in [5.41, 5.74) is 0. The minimum Gasteiger partial charge on any atom is -0.424 e. The molecule has 0 amide bonds. The molecule has 0 aliphatic heterocycles. The van der Waals surface area contributed by atoms with Gasteiger partial charge in [0.25, 0.3) is 0 Å². The van der Waals surface area contributed by atoms with Gasteiger partial charge in [0.2, 0.25) is 11.8 Å². The first kappa shape index (κ1) is 10.7. The molecule has 7 nitrogen and oxygen atoms in total. The van der Waals surface area contributed by atoms with Crippen LogP contribution in [0.1, 0.15) is 17.6 Å². The lowest BCUT2D eigenvalue weighted by molar-refractivity contribution is 0.447. The third-order valence-corrected chi connectivity index (χ3v) is 2.02. The third-order valence-electron chi connectivity index (χ3n) is 2.02. The Kier molecular flexibility index (Phi) is 3.25. The predicted octanol–water partition coefficient (Wildman–Crippen LogP) is -0.161. The normalized spacial score (nSPS) is 10.9. The monoisotopic (exact) mass is 222 g/mol. The molecule has 7 heteroatoms. The van der Waals surface area contributed by atoms with Gasteiger partial charge in [0.05, 0.1) is 6.54 Å². The highest BCUT2D eigenvalue weighted by Gasteiger charge is 2.02. The molecule has 0 radical (unpaired) electrons. The molecule has 16 heavy (non-hydrogen) atoms. The van der Waals surface area contributed by atoms with Crippen molar-refractivity contribution in [2.75, 3.05) is 6.54 Å².